The van der Waals surface area contributed by atoms with Gasteiger partial charge in [-0.1, -0.05) is 31.2 Å². The molecule has 0 spiro atoms. The number of hydrogen-bond donors (Lipinski definition) is 1. The van der Waals surface area contributed by atoms with E-state index >= 15 is 0 Å². The lowest BCUT2D eigenvalue weighted by Gasteiger charge is -2.11. The van der Waals surface area contributed by atoms with Crippen LogP contribution < -0.4 is 14.8 Å². The lowest BCUT2D eigenvalue weighted by atomic mass is 10.0. The molecule has 0 heterocycles. The number of benzene rings is 2. The molecule has 0 atom stereocenters. The summed E-state index contributed by atoms with van der Waals surface area (Å²) in [5.74, 6) is 1.69. The van der Waals surface area contributed by atoms with E-state index in [9.17, 15) is 0 Å². The normalized spacial score (nSPS) is 10.4. The largest absolute Gasteiger partial charge is 0.497 e. The summed E-state index contributed by atoms with van der Waals surface area (Å²) in [5.41, 5.74) is 3.46. The average molecular weight is 285 g/mol. The summed E-state index contributed by atoms with van der Waals surface area (Å²) >= 11 is 0. The number of rotatable bonds is 7. The van der Waals surface area contributed by atoms with E-state index < -0.39 is 0 Å². The molecule has 0 unspecified atom stereocenters. The minimum Gasteiger partial charge on any atom is -0.497 e. The van der Waals surface area contributed by atoms with Crippen molar-refractivity contribution >= 4 is 0 Å². The molecule has 112 valence electrons. The number of nitrogens with one attached hydrogen (secondary N) is 1. The van der Waals surface area contributed by atoms with Gasteiger partial charge in [-0.2, -0.15) is 0 Å². The Labute approximate surface area is 126 Å². The Morgan fingerprint density at radius 3 is 2.33 bits per heavy atom. The summed E-state index contributed by atoms with van der Waals surface area (Å²) in [6.45, 7) is 4.12. The van der Waals surface area contributed by atoms with Gasteiger partial charge in [-0.3, -0.25) is 0 Å². The van der Waals surface area contributed by atoms with Crippen molar-refractivity contribution in [2.75, 3.05) is 20.8 Å². The van der Waals surface area contributed by atoms with Crippen LogP contribution in [0.4, 0.5) is 0 Å². The van der Waals surface area contributed by atoms with Gasteiger partial charge < -0.3 is 14.8 Å². The highest BCUT2D eigenvalue weighted by atomic mass is 16.5. The molecule has 0 bridgehead atoms. The third-order valence-corrected chi connectivity index (χ3v) is 3.43. The second-order valence-electron chi connectivity index (χ2n) is 4.94. The molecule has 3 heteroatoms. The smallest absolute Gasteiger partial charge is 0.126 e. The molecule has 1 N–H and O–H groups in total. The fraction of sp³-hybridized carbons (Fsp3) is 0.333. The highest BCUT2D eigenvalue weighted by Gasteiger charge is 2.07. The van der Waals surface area contributed by atoms with Crippen LogP contribution >= 0.6 is 0 Å². The van der Waals surface area contributed by atoms with Gasteiger partial charge in [0, 0.05) is 12.1 Å². The second kappa shape index (κ2) is 7.70. The fourth-order valence-corrected chi connectivity index (χ4v) is 2.25. The van der Waals surface area contributed by atoms with Crippen molar-refractivity contribution in [3.05, 3.63) is 48.0 Å². The maximum absolute atomic E-state index is 5.44. The summed E-state index contributed by atoms with van der Waals surface area (Å²) in [7, 11) is 3.36. The molecule has 0 aromatic heterocycles. The molecule has 3 nitrogen and oxygen atoms in total. The first-order valence-electron chi connectivity index (χ1n) is 7.30. The molecule has 0 saturated carbocycles. The average Bonchev–Trinajstić information content (AvgIpc) is 2.55. The number of hydrogen-bond acceptors (Lipinski definition) is 3. The summed E-state index contributed by atoms with van der Waals surface area (Å²) in [5, 5.41) is 3.41. The van der Waals surface area contributed by atoms with Crippen molar-refractivity contribution in [3.63, 3.8) is 0 Å². The Hall–Kier alpha value is -2.00. The van der Waals surface area contributed by atoms with E-state index in [1.165, 1.54) is 5.56 Å². The van der Waals surface area contributed by atoms with Crippen molar-refractivity contribution in [1.82, 2.24) is 5.32 Å². The minimum absolute atomic E-state index is 0.833. The minimum atomic E-state index is 0.833. The topological polar surface area (TPSA) is 30.5 Å². The quantitative estimate of drug-likeness (QED) is 0.783. The molecule has 0 radical (unpaired) electrons. The van der Waals surface area contributed by atoms with Crippen LogP contribution in [0.1, 0.15) is 18.9 Å². The van der Waals surface area contributed by atoms with E-state index in [-0.39, 0.29) is 0 Å². The Morgan fingerprint density at radius 2 is 1.71 bits per heavy atom. The molecule has 0 aliphatic rings. The Kier molecular flexibility index (Phi) is 5.64. The summed E-state index contributed by atoms with van der Waals surface area (Å²) in [6.07, 6.45) is 1.15. The highest BCUT2D eigenvalue weighted by molar-refractivity contribution is 5.72. The predicted molar refractivity (Wildman–Crippen MR) is 87.0 cm³/mol. The Morgan fingerprint density at radius 1 is 0.952 bits per heavy atom. The van der Waals surface area contributed by atoms with Crippen LogP contribution in [0.3, 0.4) is 0 Å². The van der Waals surface area contributed by atoms with Crippen molar-refractivity contribution in [2.24, 2.45) is 0 Å². The zero-order valence-corrected chi connectivity index (χ0v) is 13.0. The predicted octanol–water partition coefficient (Wildman–Crippen LogP) is 3.87. The van der Waals surface area contributed by atoms with Gasteiger partial charge in [0.25, 0.3) is 0 Å². The SMILES string of the molecule is CCCNCc1ccc(-c2cc(OC)ccc2OC)cc1. The standard InChI is InChI=1S/C18H23NO2/c1-4-11-19-13-14-5-7-15(8-6-14)17-12-16(20-2)9-10-18(17)21-3/h5-10,12,19H,4,11,13H2,1-3H3. The van der Waals surface area contributed by atoms with Crippen molar-refractivity contribution in [2.45, 2.75) is 19.9 Å². The molecule has 2 aromatic rings. The molecule has 2 rings (SSSR count). The zero-order valence-electron chi connectivity index (χ0n) is 13.0. The second-order valence-corrected chi connectivity index (χ2v) is 4.94. The molecule has 0 saturated heterocycles. The van der Waals surface area contributed by atoms with E-state index in [1.807, 2.05) is 18.2 Å². The van der Waals surface area contributed by atoms with Crippen molar-refractivity contribution < 1.29 is 9.47 Å². The molecule has 0 aliphatic carbocycles. The lowest BCUT2D eigenvalue weighted by molar-refractivity contribution is 0.404. The number of methoxy groups -OCH3 is 2. The van der Waals surface area contributed by atoms with Gasteiger partial charge in [0.2, 0.25) is 0 Å². The van der Waals surface area contributed by atoms with Gasteiger partial charge in [0.05, 0.1) is 14.2 Å². The van der Waals surface area contributed by atoms with E-state index in [4.69, 9.17) is 9.47 Å². The van der Waals surface area contributed by atoms with Crippen LogP contribution in [-0.4, -0.2) is 20.8 Å². The Balaban J connectivity index is 2.21. The van der Waals surface area contributed by atoms with Crippen LogP contribution in [0.15, 0.2) is 42.5 Å². The van der Waals surface area contributed by atoms with Crippen LogP contribution in [0.5, 0.6) is 11.5 Å². The number of ether oxygens (including phenoxy) is 2. The molecule has 21 heavy (non-hydrogen) atoms. The molecular weight excluding hydrogens is 262 g/mol. The van der Waals surface area contributed by atoms with Crippen molar-refractivity contribution in [1.29, 1.82) is 0 Å². The zero-order chi connectivity index (χ0) is 15.1. The van der Waals surface area contributed by atoms with E-state index in [0.717, 1.165) is 42.1 Å². The lowest BCUT2D eigenvalue weighted by Crippen LogP contribution is -2.13. The van der Waals surface area contributed by atoms with Gasteiger partial charge in [-0.25, -0.2) is 0 Å². The van der Waals surface area contributed by atoms with Gasteiger partial charge in [-0.15, -0.1) is 0 Å². The summed E-state index contributed by atoms with van der Waals surface area (Å²) in [4.78, 5) is 0. The van der Waals surface area contributed by atoms with E-state index in [2.05, 4.69) is 36.5 Å². The van der Waals surface area contributed by atoms with Crippen LogP contribution in [0.2, 0.25) is 0 Å². The highest BCUT2D eigenvalue weighted by Crippen LogP contribution is 2.33. The Bertz CT molecular complexity index is 564. The molecule has 0 aliphatic heterocycles. The first-order valence-corrected chi connectivity index (χ1v) is 7.30. The van der Waals surface area contributed by atoms with E-state index in [1.54, 1.807) is 14.2 Å². The first-order chi connectivity index (χ1) is 10.3. The van der Waals surface area contributed by atoms with Gasteiger partial charge in [0.15, 0.2) is 0 Å². The summed E-state index contributed by atoms with van der Waals surface area (Å²) in [6, 6.07) is 14.4. The molecular formula is C18H23NO2. The molecule has 0 fully saturated rings. The van der Waals surface area contributed by atoms with Crippen molar-refractivity contribution in [3.8, 4) is 22.6 Å². The van der Waals surface area contributed by atoms with Crippen LogP contribution in [-0.2, 0) is 6.54 Å². The van der Waals surface area contributed by atoms with Crippen LogP contribution in [0.25, 0.3) is 11.1 Å². The molecule has 2 aromatic carbocycles. The first kappa shape index (κ1) is 15.4. The molecule has 0 amide bonds. The maximum Gasteiger partial charge on any atom is 0.126 e. The van der Waals surface area contributed by atoms with E-state index in [0.29, 0.717) is 0 Å². The monoisotopic (exact) mass is 285 g/mol. The van der Waals surface area contributed by atoms with Gasteiger partial charge >= 0.3 is 0 Å². The third kappa shape index (κ3) is 3.99. The van der Waals surface area contributed by atoms with Crippen LogP contribution in [0, 0.1) is 0 Å². The maximum atomic E-state index is 5.44. The third-order valence-electron chi connectivity index (χ3n) is 3.43. The van der Waals surface area contributed by atoms with Gasteiger partial charge in [-0.05, 0) is 42.3 Å². The fourth-order valence-electron chi connectivity index (χ4n) is 2.25. The summed E-state index contributed by atoms with van der Waals surface area (Å²) < 4.78 is 10.7. The van der Waals surface area contributed by atoms with Gasteiger partial charge in [0.1, 0.15) is 11.5 Å².